The quantitative estimate of drug-likeness (QED) is 0.0530. The Hall–Kier alpha value is -3.94. The first-order valence-corrected chi connectivity index (χ1v) is 18.2. The predicted octanol–water partition coefficient (Wildman–Crippen LogP) is 9.86. The van der Waals surface area contributed by atoms with Crippen molar-refractivity contribution in [3.05, 3.63) is 127 Å². The van der Waals surface area contributed by atoms with E-state index in [1.165, 1.54) is 16.1 Å². The average molecular weight is 671 g/mol. The Morgan fingerprint density at radius 1 is 1.12 bits per heavy atom. The summed E-state index contributed by atoms with van der Waals surface area (Å²) < 4.78 is 6.46. The van der Waals surface area contributed by atoms with Crippen molar-refractivity contribution in [2.75, 3.05) is 39.8 Å². The van der Waals surface area contributed by atoms with Crippen LogP contribution in [-0.2, 0) is 9.53 Å². The topological polar surface area (TPSA) is 57.7 Å². The molecule has 1 aromatic heterocycles. The van der Waals surface area contributed by atoms with E-state index in [2.05, 4.69) is 85.1 Å². The fourth-order valence-corrected chi connectivity index (χ4v) is 6.37. The van der Waals surface area contributed by atoms with Crippen LogP contribution in [0.4, 0.5) is 0 Å². The average Bonchev–Trinajstić information content (AvgIpc) is 3.54. The van der Waals surface area contributed by atoms with E-state index >= 15 is 0 Å². The molecule has 1 aliphatic heterocycles. The second-order valence-corrected chi connectivity index (χ2v) is 12.8. The van der Waals surface area contributed by atoms with Gasteiger partial charge in [0.05, 0.1) is 27.9 Å². The summed E-state index contributed by atoms with van der Waals surface area (Å²) in [5.74, 6) is 1.24. The van der Waals surface area contributed by atoms with Crippen LogP contribution in [0, 0.1) is 0 Å². The first-order chi connectivity index (χ1) is 23.4. The number of thiazole rings is 1. The molecule has 3 rings (SSSR count). The Bertz CT molecular complexity index is 1390. The van der Waals surface area contributed by atoms with Gasteiger partial charge >= 0.3 is 0 Å². The van der Waals surface area contributed by atoms with Gasteiger partial charge in [-0.15, -0.1) is 11.3 Å². The number of allylic oxidation sites excluding steroid dienone is 8. The van der Waals surface area contributed by atoms with Crippen molar-refractivity contribution in [3.63, 3.8) is 0 Å². The molecule has 7 heteroatoms. The molecule has 0 bridgehead atoms. The molecule has 260 valence electrons. The summed E-state index contributed by atoms with van der Waals surface area (Å²) in [5.41, 5.74) is 2.63. The van der Waals surface area contributed by atoms with Gasteiger partial charge in [0.2, 0.25) is 0 Å². The lowest BCUT2D eigenvalue weighted by Crippen LogP contribution is -2.34. The Kier molecular flexibility index (Phi) is 20.3. The third kappa shape index (κ3) is 14.9. The highest BCUT2D eigenvalue weighted by molar-refractivity contribution is 7.18. The van der Waals surface area contributed by atoms with E-state index in [-0.39, 0.29) is 5.91 Å². The maximum atomic E-state index is 13.3. The van der Waals surface area contributed by atoms with Crippen LogP contribution in [0.5, 0.6) is 0 Å². The molecule has 1 N–H and O–H groups in total. The van der Waals surface area contributed by atoms with E-state index in [4.69, 9.17) is 9.72 Å². The third-order valence-corrected chi connectivity index (χ3v) is 8.97. The first-order valence-electron chi connectivity index (χ1n) is 17.3. The van der Waals surface area contributed by atoms with Gasteiger partial charge in [0, 0.05) is 31.4 Å². The van der Waals surface area contributed by atoms with Crippen LogP contribution in [0.25, 0.3) is 10.2 Å². The van der Waals surface area contributed by atoms with Gasteiger partial charge in [-0.3, -0.25) is 4.79 Å². The number of benzene rings is 1. The summed E-state index contributed by atoms with van der Waals surface area (Å²) in [5, 5.41) is 4.38. The van der Waals surface area contributed by atoms with E-state index in [1.807, 2.05) is 48.9 Å². The molecule has 0 radical (unpaired) electrons. The molecule has 1 aromatic carbocycles. The number of nitrogens with zero attached hydrogens (tertiary/aromatic N) is 3. The van der Waals surface area contributed by atoms with Crippen LogP contribution >= 0.6 is 11.3 Å². The van der Waals surface area contributed by atoms with Crippen LogP contribution in [0.2, 0.25) is 0 Å². The van der Waals surface area contributed by atoms with Crippen molar-refractivity contribution in [3.8, 4) is 0 Å². The van der Waals surface area contributed by atoms with Gasteiger partial charge in [-0.2, -0.15) is 0 Å². The Balaban J connectivity index is 0.00000257. The van der Waals surface area contributed by atoms with Crippen molar-refractivity contribution >= 4 is 27.5 Å². The number of hydrogen-bond acceptors (Lipinski definition) is 6. The van der Waals surface area contributed by atoms with Crippen molar-refractivity contribution < 1.29 is 9.53 Å². The number of amides is 1. The summed E-state index contributed by atoms with van der Waals surface area (Å²) in [6.45, 7) is 22.2. The summed E-state index contributed by atoms with van der Waals surface area (Å²) in [6.07, 6.45) is 26.2. The van der Waals surface area contributed by atoms with Crippen molar-refractivity contribution in [2.24, 2.45) is 0 Å². The van der Waals surface area contributed by atoms with Crippen molar-refractivity contribution in [1.82, 2.24) is 20.1 Å². The minimum absolute atomic E-state index is 0.0813. The number of carbonyl (C=O) groups excluding carboxylic acids is 1. The zero-order valence-electron chi connectivity index (χ0n) is 29.8. The second-order valence-electron chi connectivity index (χ2n) is 11.8. The number of likely N-dealkylation sites (tertiary alicyclic amines) is 1. The smallest absolute Gasteiger partial charge is 0.253 e. The summed E-state index contributed by atoms with van der Waals surface area (Å²) in [6, 6.07) is 8.43. The minimum atomic E-state index is -0.0813. The van der Waals surface area contributed by atoms with Crippen LogP contribution in [0.1, 0.15) is 76.6 Å². The summed E-state index contributed by atoms with van der Waals surface area (Å²) >= 11 is 1.85. The molecule has 2 heterocycles. The first kappa shape index (κ1) is 40.2. The molecule has 2 aromatic rings. The minimum Gasteiger partial charge on any atom is -0.497 e. The molecule has 0 aliphatic carbocycles. The lowest BCUT2D eigenvalue weighted by Gasteiger charge is -2.31. The van der Waals surface area contributed by atoms with E-state index in [0.717, 1.165) is 81.6 Å². The van der Waals surface area contributed by atoms with Gasteiger partial charge in [-0.05, 0) is 101 Å². The molecule has 48 heavy (non-hydrogen) atoms. The third-order valence-electron chi connectivity index (χ3n) is 7.78. The van der Waals surface area contributed by atoms with E-state index in [0.29, 0.717) is 18.0 Å². The Morgan fingerprint density at radius 2 is 1.88 bits per heavy atom. The maximum Gasteiger partial charge on any atom is 0.253 e. The summed E-state index contributed by atoms with van der Waals surface area (Å²) in [7, 11) is 1.64. The van der Waals surface area contributed by atoms with Gasteiger partial charge in [0.15, 0.2) is 0 Å². The van der Waals surface area contributed by atoms with E-state index in [9.17, 15) is 4.79 Å². The molecular weight excluding hydrogens is 613 g/mol. The zero-order chi connectivity index (χ0) is 35.0. The largest absolute Gasteiger partial charge is 0.497 e. The number of piperidine rings is 1. The SMILES string of the molecule is C=C/C=C/N(/C=C(C(=O)NCCC/C=C\C/C=C(\C=C)OC)\C(C)=C\C=C)CCCN1CCC(c2nc3ccccc3s2)CC1.CCC. The monoisotopic (exact) mass is 670 g/mol. The van der Waals surface area contributed by atoms with Crippen LogP contribution in [0.15, 0.2) is 122 Å². The van der Waals surface area contributed by atoms with Crippen molar-refractivity contribution in [2.45, 2.75) is 71.6 Å². The number of aromatic nitrogens is 1. The molecule has 6 nitrogen and oxygen atoms in total. The van der Waals surface area contributed by atoms with Crippen LogP contribution < -0.4 is 5.32 Å². The Morgan fingerprint density at radius 3 is 2.54 bits per heavy atom. The maximum absolute atomic E-state index is 13.3. The number of unbranched alkanes of at least 4 members (excludes halogenated alkanes) is 1. The Labute approximate surface area is 294 Å². The summed E-state index contributed by atoms with van der Waals surface area (Å²) in [4.78, 5) is 22.8. The molecule has 1 saturated heterocycles. The zero-order valence-corrected chi connectivity index (χ0v) is 30.6. The molecule has 1 amide bonds. The van der Waals surface area contributed by atoms with Gasteiger partial charge in [0.25, 0.3) is 5.91 Å². The molecule has 0 spiro atoms. The highest BCUT2D eigenvalue weighted by Crippen LogP contribution is 2.33. The van der Waals surface area contributed by atoms with Crippen LogP contribution in [-0.4, -0.2) is 60.5 Å². The number of ether oxygens (including phenoxy) is 1. The molecule has 1 aliphatic rings. The number of nitrogens with one attached hydrogen (secondary N) is 1. The fraction of sp³-hybridized carbons (Fsp3) is 0.415. The number of para-hydroxylation sites is 1. The van der Waals surface area contributed by atoms with Gasteiger partial charge < -0.3 is 19.9 Å². The molecule has 1 fully saturated rings. The fourth-order valence-electron chi connectivity index (χ4n) is 5.24. The lowest BCUT2D eigenvalue weighted by molar-refractivity contribution is -0.117. The van der Waals surface area contributed by atoms with Gasteiger partial charge in [0.1, 0.15) is 5.76 Å². The number of rotatable bonds is 19. The molecule has 0 unspecified atom stereocenters. The number of methoxy groups -OCH3 is 1. The normalized spacial score (nSPS) is 15.0. The lowest BCUT2D eigenvalue weighted by atomic mass is 9.97. The van der Waals surface area contributed by atoms with Gasteiger partial charge in [-0.1, -0.05) is 82.5 Å². The molecule has 0 atom stereocenters. The van der Waals surface area contributed by atoms with Crippen molar-refractivity contribution in [1.29, 1.82) is 0 Å². The van der Waals surface area contributed by atoms with E-state index < -0.39 is 0 Å². The predicted molar refractivity (Wildman–Crippen MR) is 208 cm³/mol. The molecular formula is C41H58N4O2S. The number of carbonyl (C=O) groups is 1. The highest BCUT2D eigenvalue weighted by Gasteiger charge is 2.23. The van der Waals surface area contributed by atoms with Crippen LogP contribution in [0.3, 0.4) is 0 Å². The highest BCUT2D eigenvalue weighted by atomic mass is 32.1. The number of hydrogen-bond donors (Lipinski definition) is 1. The second kappa shape index (κ2) is 24.2. The molecule has 0 saturated carbocycles. The standard InChI is InChI=1S/C38H50N4O2S.C3H8/c1-6-9-25-42(27-17-26-41-28-22-32(23-29-41)38-40-35-20-14-15-21-36(35)45-38)30-34(31(4)18-7-2)37(43)39-24-16-12-10-11-13-19-33(8-3)44-5;1-3-2/h6-11,14-15,18-21,25,30,32H,1-3,12-13,16-17,22-24,26-29H2,4-5H3,(H,39,43);3H2,1-2H3/b11-10-,25-9+,31-18+,33-19+,34-30+;. The number of fused-ring (bicyclic) bond motifs is 1. The van der Waals surface area contributed by atoms with Gasteiger partial charge in [-0.25, -0.2) is 4.98 Å². The van der Waals surface area contributed by atoms with E-state index in [1.54, 1.807) is 25.3 Å².